The Kier molecular flexibility index (Phi) is 7.60. The second-order valence-corrected chi connectivity index (χ2v) is 20.7. The molecule has 2 heterocycles. The third-order valence-electron chi connectivity index (χ3n) is 16.8. The van der Waals surface area contributed by atoms with E-state index in [9.17, 15) is 0 Å². The molecule has 0 saturated heterocycles. The molecule has 3 aliphatic carbocycles. The smallest absolute Gasteiger partial charge is 0.0760 e. The van der Waals surface area contributed by atoms with Gasteiger partial charge < -0.3 is 9.47 Å². The zero-order chi connectivity index (χ0) is 46.0. The van der Waals surface area contributed by atoms with E-state index in [0.717, 1.165) is 17.1 Å². The van der Waals surface area contributed by atoms with E-state index in [2.05, 4.69) is 256 Å². The molecule has 4 aliphatic rings. The molecule has 0 radical (unpaired) electrons. The molecule has 1 aliphatic heterocycles. The number of benzene rings is 10. The Balaban J connectivity index is 1.05. The SMILES string of the molecule is CC1(C)c2ccccc2-c2cc(N(c3ccc4c(c3)-c3ccccc3C4(C)C)c3ccccc3-c3cccc4c3C3(c5ccccc5-c5ccccc53)c3cccc5c6ccccc6n-4c35)ccc21. The lowest BCUT2D eigenvalue weighted by molar-refractivity contribution is 0.660. The number of nitrogens with zero attached hydrogens (tertiary/aromatic N) is 2. The van der Waals surface area contributed by atoms with Crippen LogP contribution in [0.25, 0.3) is 72.0 Å². The minimum atomic E-state index is -0.604. The van der Waals surface area contributed by atoms with Gasteiger partial charge in [0.15, 0.2) is 0 Å². The maximum atomic E-state index is 2.58. The van der Waals surface area contributed by atoms with E-state index in [1.54, 1.807) is 0 Å². The normalized spacial score (nSPS) is 15.3. The predicted molar refractivity (Wildman–Crippen MR) is 287 cm³/mol. The summed E-state index contributed by atoms with van der Waals surface area (Å²) in [4.78, 5) is 2.56. The van der Waals surface area contributed by atoms with Gasteiger partial charge in [-0.05, 0) is 120 Å². The van der Waals surface area contributed by atoms with Crippen molar-refractivity contribution in [1.29, 1.82) is 0 Å². The summed E-state index contributed by atoms with van der Waals surface area (Å²) in [5.74, 6) is 0. The van der Waals surface area contributed by atoms with Crippen molar-refractivity contribution in [2.24, 2.45) is 0 Å². The number of aromatic nitrogens is 1. The third-order valence-corrected chi connectivity index (χ3v) is 16.8. The number of rotatable bonds is 4. The van der Waals surface area contributed by atoms with Crippen LogP contribution in [0.1, 0.15) is 72.2 Å². The summed E-state index contributed by atoms with van der Waals surface area (Å²) >= 11 is 0. The van der Waals surface area contributed by atoms with Crippen LogP contribution < -0.4 is 4.90 Å². The van der Waals surface area contributed by atoms with E-state index in [-0.39, 0.29) is 10.8 Å². The van der Waals surface area contributed by atoms with Crippen molar-refractivity contribution >= 4 is 38.9 Å². The van der Waals surface area contributed by atoms with Gasteiger partial charge in [0.05, 0.1) is 27.8 Å². The summed E-state index contributed by atoms with van der Waals surface area (Å²) in [6.45, 7) is 9.49. The molecule has 0 bridgehead atoms. The lowest BCUT2D eigenvalue weighted by Crippen LogP contribution is -2.34. The first kappa shape index (κ1) is 38.9. The molecule has 15 rings (SSSR count). The minimum Gasteiger partial charge on any atom is -0.310 e. The lowest BCUT2D eigenvalue weighted by atomic mass is 9.63. The summed E-state index contributed by atoms with van der Waals surface area (Å²) in [7, 11) is 0. The quantitative estimate of drug-likeness (QED) is 0.171. The average Bonchev–Trinajstić information content (AvgIpc) is 4.04. The standard InChI is InChI=1S/C67H48N2/c1-65(2)53-27-11-5-21-45(53)51-39-41(35-37-55(51)65)68(42-36-38-56-52(40-42)46-22-6-12-28-54(46)66(56,3)4)60-32-15-9-23-47(60)49-25-18-34-62-63(49)67(57-29-13-7-19-43(57)44-20-8-14-30-58(44)67)59-31-17-26-50-48-24-10-16-33-61(48)69(62)64(50)59/h5-40H,1-4H3. The summed E-state index contributed by atoms with van der Waals surface area (Å²) in [6, 6.07) is 83.2. The van der Waals surface area contributed by atoms with Crippen LogP contribution in [0.15, 0.2) is 218 Å². The molecule has 1 spiro atoms. The number of para-hydroxylation sites is 3. The van der Waals surface area contributed by atoms with Gasteiger partial charge in [0.2, 0.25) is 0 Å². The molecule has 326 valence electrons. The van der Waals surface area contributed by atoms with Crippen LogP contribution in [0.5, 0.6) is 0 Å². The van der Waals surface area contributed by atoms with Crippen molar-refractivity contribution in [2.45, 2.75) is 43.9 Å². The molecule has 0 N–H and O–H groups in total. The molecule has 0 amide bonds. The van der Waals surface area contributed by atoms with E-state index in [1.165, 1.54) is 117 Å². The summed E-state index contributed by atoms with van der Waals surface area (Å²) in [5, 5.41) is 2.56. The van der Waals surface area contributed by atoms with Crippen molar-refractivity contribution < 1.29 is 0 Å². The molecule has 10 aromatic carbocycles. The molecule has 0 atom stereocenters. The van der Waals surface area contributed by atoms with Gasteiger partial charge >= 0.3 is 0 Å². The highest BCUT2D eigenvalue weighted by molar-refractivity contribution is 6.13. The Labute approximate surface area is 403 Å². The highest BCUT2D eigenvalue weighted by atomic mass is 15.1. The van der Waals surface area contributed by atoms with Crippen molar-refractivity contribution in [3.05, 3.63) is 263 Å². The summed E-state index contributed by atoms with van der Waals surface area (Å²) in [5.41, 5.74) is 27.4. The maximum Gasteiger partial charge on any atom is 0.0760 e. The van der Waals surface area contributed by atoms with Crippen LogP contribution in [-0.4, -0.2) is 4.57 Å². The second kappa shape index (κ2) is 13.5. The highest BCUT2D eigenvalue weighted by Crippen LogP contribution is 2.63. The van der Waals surface area contributed by atoms with Gasteiger partial charge in [0.1, 0.15) is 0 Å². The monoisotopic (exact) mass is 880 g/mol. The summed E-state index contributed by atoms with van der Waals surface area (Å²) in [6.07, 6.45) is 0. The fourth-order valence-corrected chi connectivity index (χ4v) is 13.9. The Bertz CT molecular complexity index is 3890. The molecular weight excluding hydrogens is 833 g/mol. The van der Waals surface area contributed by atoms with E-state index in [1.807, 2.05) is 0 Å². The van der Waals surface area contributed by atoms with Crippen molar-refractivity contribution in [2.75, 3.05) is 4.90 Å². The molecule has 69 heavy (non-hydrogen) atoms. The molecule has 2 nitrogen and oxygen atoms in total. The predicted octanol–water partition coefficient (Wildman–Crippen LogP) is 17.2. The Morgan fingerprint density at radius 3 is 1.38 bits per heavy atom. The molecule has 1 aromatic heterocycles. The van der Waals surface area contributed by atoms with Gasteiger partial charge in [-0.2, -0.15) is 0 Å². The molecule has 0 unspecified atom stereocenters. The number of hydrogen-bond acceptors (Lipinski definition) is 1. The van der Waals surface area contributed by atoms with Crippen LogP contribution in [0.4, 0.5) is 17.1 Å². The van der Waals surface area contributed by atoms with Gasteiger partial charge in [-0.15, -0.1) is 0 Å². The summed E-state index contributed by atoms with van der Waals surface area (Å²) < 4.78 is 2.58. The van der Waals surface area contributed by atoms with Crippen LogP contribution in [0, 0.1) is 0 Å². The second-order valence-electron chi connectivity index (χ2n) is 20.7. The number of anilines is 3. The van der Waals surface area contributed by atoms with Gasteiger partial charge in [-0.25, -0.2) is 0 Å². The van der Waals surface area contributed by atoms with Gasteiger partial charge in [-0.3, -0.25) is 0 Å². The fourth-order valence-electron chi connectivity index (χ4n) is 13.9. The van der Waals surface area contributed by atoms with Crippen LogP contribution in [0.3, 0.4) is 0 Å². The molecule has 0 fully saturated rings. The largest absolute Gasteiger partial charge is 0.310 e. The fraction of sp³-hybridized carbons (Fsp3) is 0.104. The van der Waals surface area contributed by atoms with Gasteiger partial charge in [0.25, 0.3) is 0 Å². The van der Waals surface area contributed by atoms with E-state index in [4.69, 9.17) is 0 Å². The maximum absolute atomic E-state index is 2.58. The number of hydrogen-bond donors (Lipinski definition) is 0. The third kappa shape index (κ3) is 4.81. The van der Waals surface area contributed by atoms with E-state index >= 15 is 0 Å². The van der Waals surface area contributed by atoms with Crippen LogP contribution in [-0.2, 0) is 16.2 Å². The number of fused-ring (bicyclic) bond motifs is 18. The first-order valence-corrected chi connectivity index (χ1v) is 24.5. The van der Waals surface area contributed by atoms with Crippen molar-refractivity contribution in [1.82, 2.24) is 4.57 Å². The van der Waals surface area contributed by atoms with E-state index < -0.39 is 5.41 Å². The zero-order valence-corrected chi connectivity index (χ0v) is 39.2. The molecule has 2 heteroatoms. The molecule has 11 aromatic rings. The molecular formula is C67H48N2. The van der Waals surface area contributed by atoms with Crippen LogP contribution >= 0.6 is 0 Å². The van der Waals surface area contributed by atoms with Crippen molar-refractivity contribution in [3.8, 4) is 50.2 Å². The average molecular weight is 881 g/mol. The zero-order valence-electron chi connectivity index (χ0n) is 39.2. The first-order chi connectivity index (χ1) is 33.8. The topological polar surface area (TPSA) is 8.17 Å². The minimum absolute atomic E-state index is 0.105. The van der Waals surface area contributed by atoms with Gasteiger partial charge in [-0.1, -0.05) is 204 Å². The van der Waals surface area contributed by atoms with Crippen molar-refractivity contribution in [3.63, 3.8) is 0 Å². The Hall–Kier alpha value is -8.20. The Morgan fingerprint density at radius 2 is 0.768 bits per heavy atom. The lowest BCUT2D eigenvalue weighted by Gasteiger charge is -2.41. The van der Waals surface area contributed by atoms with Crippen LogP contribution in [0.2, 0.25) is 0 Å². The van der Waals surface area contributed by atoms with Gasteiger partial charge in [0, 0.05) is 44.1 Å². The van der Waals surface area contributed by atoms with E-state index in [0.29, 0.717) is 0 Å². The highest BCUT2D eigenvalue weighted by Gasteiger charge is 2.52. The Morgan fingerprint density at radius 1 is 0.333 bits per heavy atom. The first-order valence-electron chi connectivity index (χ1n) is 24.5. The molecule has 0 saturated carbocycles.